The molecule has 3 N–H and O–H groups in total. The van der Waals surface area contributed by atoms with Crippen LogP contribution in [0.25, 0.3) is 11.0 Å². The van der Waals surface area contributed by atoms with E-state index in [-0.39, 0.29) is 16.6 Å². The Morgan fingerprint density at radius 1 is 1.19 bits per heavy atom. The summed E-state index contributed by atoms with van der Waals surface area (Å²) in [4.78, 5) is 12.5. The molecule has 0 radical (unpaired) electrons. The first-order valence-corrected chi connectivity index (χ1v) is 9.81. The predicted molar refractivity (Wildman–Crippen MR) is 101 cm³/mol. The van der Waals surface area contributed by atoms with E-state index in [4.69, 9.17) is 14.3 Å². The van der Waals surface area contributed by atoms with Gasteiger partial charge in [-0.05, 0) is 49.2 Å². The minimum absolute atomic E-state index is 0.0589. The summed E-state index contributed by atoms with van der Waals surface area (Å²) in [6.45, 7) is 2.21. The van der Waals surface area contributed by atoms with E-state index in [1.807, 2.05) is 13.0 Å². The third-order valence-electron chi connectivity index (χ3n) is 4.30. The topological polar surface area (TPSA) is 112 Å². The molecule has 1 heterocycles. The fraction of sp³-hybridized carbons (Fsp3) is 0.211. The maximum Gasteiger partial charge on any atom is 0.287 e. The van der Waals surface area contributed by atoms with Crippen molar-refractivity contribution in [2.45, 2.75) is 18.2 Å². The lowest BCUT2D eigenvalue weighted by atomic mass is 10.1. The number of sulfonamides is 1. The van der Waals surface area contributed by atoms with Crippen LogP contribution in [0.15, 0.2) is 51.8 Å². The highest BCUT2D eigenvalue weighted by Crippen LogP contribution is 2.28. The van der Waals surface area contributed by atoms with Gasteiger partial charge in [0.1, 0.15) is 11.3 Å². The van der Waals surface area contributed by atoms with Crippen molar-refractivity contribution in [1.82, 2.24) is 5.32 Å². The number of furan rings is 1. The smallest absolute Gasteiger partial charge is 0.287 e. The molecule has 0 spiro atoms. The fourth-order valence-corrected chi connectivity index (χ4v) is 3.31. The first-order valence-electron chi connectivity index (χ1n) is 8.26. The van der Waals surface area contributed by atoms with E-state index in [0.717, 1.165) is 16.5 Å². The number of benzene rings is 2. The van der Waals surface area contributed by atoms with Crippen molar-refractivity contribution in [1.29, 1.82) is 0 Å². The molecule has 0 unspecified atom stereocenters. The molecule has 0 atom stereocenters. The number of hydrogen-bond acceptors (Lipinski definition) is 5. The number of nitrogens with two attached hydrogens (primary N) is 1. The molecule has 142 valence electrons. The Morgan fingerprint density at radius 3 is 2.52 bits per heavy atom. The number of aryl methyl sites for hydroxylation is 1. The zero-order valence-electron chi connectivity index (χ0n) is 15.0. The Balaban J connectivity index is 1.66. The summed E-state index contributed by atoms with van der Waals surface area (Å²) in [5.74, 6) is 0.660. The summed E-state index contributed by atoms with van der Waals surface area (Å²) < 4.78 is 33.4. The SMILES string of the molecule is COc1ccc2oc(C(=O)NCCc3ccc(S(N)(=O)=O)cc3)c(C)c2c1. The zero-order chi connectivity index (χ0) is 19.6. The van der Waals surface area contributed by atoms with Crippen molar-refractivity contribution < 1.29 is 22.4 Å². The van der Waals surface area contributed by atoms with Crippen molar-refractivity contribution >= 4 is 26.9 Å². The van der Waals surface area contributed by atoms with E-state index >= 15 is 0 Å². The van der Waals surface area contributed by atoms with Gasteiger partial charge in [-0.25, -0.2) is 13.6 Å². The van der Waals surface area contributed by atoms with Crippen molar-refractivity contribution in [3.63, 3.8) is 0 Å². The van der Waals surface area contributed by atoms with Crippen LogP contribution in [0.4, 0.5) is 0 Å². The predicted octanol–water partition coefficient (Wildman–Crippen LogP) is 2.37. The van der Waals surface area contributed by atoms with E-state index in [2.05, 4.69) is 5.32 Å². The highest BCUT2D eigenvalue weighted by atomic mass is 32.2. The Hall–Kier alpha value is -2.84. The lowest BCUT2D eigenvalue weighted by Gasteiger charge is -2.05. The molecule has 7 nitrogen and oxygen atoms in total. The number of hydrogen-bond donors (Lipinski definition) is 2. The first-order chi connectivity index (χ1) is 12.8. The minimum atomic E-state index is -3.70. The zero-order valence-corrected chi connectivity index (χ0v) is 15.8. The van der Waals surface area contributed by atoms with Gasteiger partial charge in [-0.2, -0.15) is 0 Å². The van der Waals surface area contributed by atoms with Gasteiger partial charge in [0.25, 0.3) is 5.91 Å². The number of nitrogens with one attached hydrogen (secondary N) is 1. The number of rotatable bonds is 6. The largest absolute Gasteiger partial charge is 0.497 e. The van der Waals surface area contributed by atoms with E-state index in [9.17, 15) is 13.2 Å². The van der Waals surface area contributed by atoms with Gasteiger partial charge in [0.15, 0.2) is 5.76 Å². The summed E-state index contributed by atoms with van der Waals surface area (Å²) in [5.41, 5.74) is 2.25. The molecule has 2 aromatic carbocycles. The van der Waals surface area contributed by atoms with Gasteiger partial charge >= 0.3 is 0 Å². The maximum absolute atomic E-state index is 12.4. The van der Waals surface area contributed by atoms with Crippen molar-refractivity contribution in [2.75, 3.05) is 13.7 Å². The average molecular weight is 388 g/mol. The lowest BCUT2D eigenvalue weighted by molar-refractivity contribution is 0.0927. The molecule has 1 amide bonds. The van der Waals surface area contributed by atoms with Crippen molar-refractivity contribution in [3.8, 4) is 5.75 Å². The third-order valence-corrected chi connectivity index (χ3v) is 5.23. The quantitative estimate of drug-likeness (QED) is 0.673. The van der Waals surface area contributed by atoms with E-state index in [1.54, 1.807) is 31.4 Å². The number of carbonyl (C=O) groups excluding carboxylic acids is 1. The number of primary sulfonamides is 1. The fourth-order valence-electron chi connectivity index (χ4n) is 2.79. The Morgan fingerprint density at radius 2 is 1.89 bits per heavy atom. The minimum Gasteiger partial charge on any atom is -0.497 e. The monoisotopic (exact) mass is 388 g/mol. The standard InChI is InChI=1S/C19H20N2O5S/c1-12-16-11-14(25-2)5-8-17(16)26-18(12)19(22)21-10-9-13-3-6-15(7-4-13)27(20,23)24/h3-8,11H,9-10H2,1-2H3,(H,21,22)(H2,20,23,24). The van der Waals surface area contributed by atoms with Crippen LogP contribution in [0.2, 0.25) is 0 Å². The van der Waals surface area contributed by atoms with Crippen LogP contribution in [0.3, 0.4) is 0 Å². The molecule has 1 aromatic heterocycles. The van der Waals surface area contributed by atoms with E-state index in [0.29, 0.717) is 24.3 Å². The summed E-state index contributed by atoms with van der Waals surface area (Å²) in [6, 6.07) is 11.6. The molecule has 8 heteroatoms. The summed E-state index contributed by atoms with van der Waals surface area (Å²) >= 11 is 0. The van der Waals surface area contributed by atoms with Crippen LogP contribution in [0.5, 0.6) is 5.75 Å². The number of amides is 1. The molecule has 3 rings (SSSR count). The maximum atomic E-state index is 12.4. The molecule has 3 aromatic rings. The summed E-state index contributed by atoms with van der Waals surface area (Å²) in [5, 5.41) is 8.72. The number of carbonyl (C=O) groups is 1. The van der Waals surface area contributed by atoms with Crippen LogP contribution in [0.1, 0.15) is 21.7 Å². The van der Waals surface area contributed by atoms with Gasteiger partial charge in [-0.15, -0.1) is 0 Å². The molecular formula is C19H20N2O5S. The Kier molecular flexibility index (Phi) is 5.20. The number of fused-ring (bicyclic) bond motifs is 1. The van der Waals surface area contributed by atoms with Gasteiger partial charge in [0.2, 0.25) is 10.0 Å². The Labute approximate surface area is 157 Å². The second-order valence-electron chi connectivity index (χ2n) is 6.11. The molecule has 0 saturated heterocycles. The van der Waals surface area contributed by atoms with Gasteiger partial charge in [0, 0.05) is 17.5 Å². The van der Waals surface area contributed by atoms with Gasteiger partial charge in [0.05, 0.1) is 12.0 Å². The Bertz CT molecular complexity index is 1090. The van der Waals surface area contributed by atoms with Gasteiger partial charge in [-0.3, -0.25) is 4.79 Å². The van der Waals surface area contributed by atoms with Crippen LogP contribution in [-0.4, -0.2) is 28.0 Å². The second-order valence-corrected chi connectivity index (χ2v) is 7.67. The van der Waals surface area contributed by atoms with E-state index in [1.165, 1.54) is 12.1 Å². The van der Waals surface area contributed by atoms with Gasteiger partial charge in [-0.1, -0.05) is 12.1 Å². The number of ether oxygens (including phenoxy) is 1. The van der Waals surface area contributed by atoms with Gasteiger partial charge < -0.3 is 14.5 Å². The van der Waals surface area contributed by atoms with Crippen LogP contribution >= 0.6 is 0 Å². The third kappa shape index (κ3) is 4.12. The van der Waals surface area contributed by atoms with Crippen molar-refractivity contribution in [3.05, 3.63) is 59.4 Å². The molecule has 0 aliphatic carbocycles. The molecule has 0 bridgehead atoms. The van der Waals surface area contributed by atoms with Crippen molar-refractivity contribution in [2.24, 2.45) is 5.14 Å². The summed E-state index contributed by atoms with van der Waals surface area (Å²) in [6.07, 6.45) is 0.545. The highest BCUT2D eigenvalue weighted by molar-refractivity contribution is 7.89. The average Bonchev–Trinajstić information content (AvgIpc) is 2.97. The molecule has 0 fully saturated rings. The van der Waals surface area contributed by atoms with Crippen LogP contribution < -0.4 is 15.2 Å². The lowest BCUT2D eigenvalue weighted by Crippen LogP contribution is -2.25. The highest BCUT2D eigenvalue weighted by Gasteiger charge is 2.17. The van der Waals surface area contributed by atoms with Crippen LogP contribution in [-0.2, 0) is 16.4 Å². The molecule has 27 heavy (non-hydrogen) atoms. The first kappa shape index (κ1) is 18.9. The molecule has 0 aliphatic heterocycles. The normalized spacial score (nSPS) is 11.5. The summed E-state index contributed by atoms with van der Waals surface area (Å²) in [7, 11) is -2.12. The molecular weight excluding hydrogens is 368 g/mol. The second kappa shape index (κ2) is 7.42. The van der Waals surface area contributed by atoms with E-state index < -0.39 is 10.0 Å². The molecule has 0 saturated carbocycles. The number of methoxy groups -OCH3 is 1. The van der Waals surface area contributed by atoms with Crippen LogP contribution in [0, 0.1) is 6.92 Å². The molecule has 0 aliphatic rings.